The Morgan fingerprint density at radius 3 is 2.17 bits per heavy atom. The minimum absolute atomic E-state index is 0.129. The van der Waals surface area contributed by atoms with Crippen molar-refractivity contribution in [3.63, 3.8) is 0 Å². The Balaban J connectivity index is 2.05. The summed E-state index contributed by atoms with van der Waals surface area (Å²) in [6.07, 6.45) is 6.77. The smallest absolute Gasteiger partial charge is 0.0775 e. The van der Waals surface area contributed by atoms with Crippen molar-refractivity contribution in [1.82, 2.24) is 0 Å². The van der Waals surface area contributed by atoms with Crippen LogP contribution in [-0.2, 0) is 0 Å². The number of anilines is 1. The van der Waals surface area contributed by atoms with Crippen LogP contribution in [0.3, 0.4) is 0 Å². The van der Waals surface area contributed by atoms with Gasteiger partial charge in [-0.25, -0.2) is 0 Å². The Kier molecular flexibility index (Phi) is 4.32. The molecule has 1 aliphatic rings. The third-order valence-electron chi connectivity index (χ3n) is 4.18. The highest BCUT2D eigenvalue weighted by Crippen LogP contribution is 2.38. The van der Waals surface area contributed by atoms with Crippen molar-refractivity contribution in [3.8, 4) is 0 Å². The summed E-state index contributed by atoms with van der Waals surface area (Å²) in [6, 6.07) is 18.8. The SMILES string of the molecule is CC(C)(C)C1=CC(c2ccc(Cl)cc2)N(c2ccccc2)C=C1. The van der Waals surface area contributed by atoms with Crippen LogP contribution >= 0.6 is 11.6 Å². The highest BCUT2D eigenvalue weighted by Gasteiger charge is 2.25. The van der Waals surface area contributed by atoms with Crippen molar-refractivity contribution in [3.05, 3.63) is 89.1 Å². The highest BCUT2D eigenvalue weighted by atomic mass is 35.5. The van der Waals surface area contributed by atoms with Crippen LogP contribution in [0.4, 0.5) is 5.69 Å². The lowest BCUT2D eigenvalue weighted by Gasteiger charge is -2.35. The van der Waals surface area contributed by atoms with Crippen molar-refractivity contribution >= 4 is 17.3 Å². The number of halogens is 1. The van der Waals surface area contributed by atoms with Crippen LogP contribution in [0, 0.1) is 5.41 Å². The molecule has 1 heterocycles. The average Bonchev–Trinajstić information content (AvgIpc) is 2.55. The monoisotopic (exact) mass is 323 g/mol. The van der Waals surface area contributed by atoms with Crippen LogP contribution in [0.25, 0.3) is 0 Å². The Labute approximate surface area is 143 Å². The van der Waals surface area contributed by atoms with Gasteiger partial charge in [0.15, 0.2) is 0 Å². The second kappa shape index (κ2) is 6.25. The second-order valence-corrected chi connectivity index (χ2v) is 7.36. The molecule has 2 heteroatoms. The third-order valence-corrected chi connectivity index (χ3v) is 4.44. The number of para-hydroxylation sites is 1. The number of hydrogen-bond donors (Lipinski definition) is 0. The topological polar surface area (TPSA) is 3.24 Å². The minimum atomic E-state index is 0.129. The van der Waals surface area contributed by atoms with Gasteiger partial charge in [0.2, 0.25) is 0 Å². The van der Waals surface area contributed by atoms with Gasteiger partial charge in [0.05, 0.1) is 6.04 Å². The van der Waals surface area contributed by atoms with Crippen LogP contribution in [0.5, 0.6) is 0 Å². The summed E-state index contributed by atoms with van der Waals surface area (Å²) in [7, 11) is 0. The molecule has 2 aromatic carbocycles. The first kappa shape index (κ1) is 15.9. The maximum Gasteiger partial charge on any atom is 0.0775 e. The van der Waals surface area contributed by atoms with E-state index in [1.807, 2.05) is 18.2 Å². The van der Waals surface area contributed by atoms with E-state index >= 15 is 0 Å². The second-order valence-electron chi connectivity index (χ2n) is 6.93. The van der Waals surface area contributed by atoms with Gasteiger partial charge in [-0.05, 0) is 46.9 Å². The largest absolute Gasteiger partial charge is 0.337 e. The molecule has 3 rings (SSSR count). The minimum Gasteiger partial charge on any atom is -0.337 e. The van der Waals surface area contributed by atoms with Gasteiger partial charge in [0, 0.05) is 16.9 Å². The van der Waals surface area contributed by atoms with Gasteiger partial charge in [-0.3, -0.25) is 0 Å². The molecule has 118 valence electrons. The lowest BCUT2D eigenvalue weighted by atomic mass is 9.83. The first-order chi connectivity index (χ1) is 10.9. The number of rotatable bonds is 2. The third kappa shape index (κ3) is 3.51. The molecule has 1 unspecified atom stereocenters. The van der Waals surface area contributed by atoms with E-state index < -0.39 is 0 Å². The highest BCUT2D eigenvalue weighted by molar-refractivity contribution is 6.30. The van der Waals surface area contributed by atoms with Crippen LogP contribution < -0.4 is 4.90 Å². The summed E-state index contributed by atoms with van der Waals surface area (Å²) in [5.74, 6) is 0. The first-order valence-electron chi connectivity index (χ1n) is 7.94. The van der Waals surface area contributed by atoms with E-state index in [0.717, 1.165) is 5.02 Å². The van der Waals surface area contributed by atoms with E-state index in [1.54, 1.807) is 0 Å². The van der Waals surface area contributed by atoms with E-state index in [4.69, 9.17) is 11.6 Å². The van der Waals surface area contributed by atoms with Crippen molar-refractivity contribution in [2.75, 3.05) is 4.90 Å². The van der Waals surface area contributed by atoms with Gasteiger partial charge < -0.3 is 4.90 Å². The lowest BCUT2D eigenvalue weighted by molar-refractivity contribution is 0.509. The van der Waals surface area contributed by atoms with E-state index in [2.05, 4.69) is 80.4 Å². The Bertz CT molecular complexity index is 721. The van der Waals surface area contributed by atoms with Crippen LogP contribution in [-0.4, -0.2) is 0 Å². The fraction of sp³-hybridized carbons (Fsp3) is 0.238. The molecule has 1 atom stereocenters. The summed E-state index contributed by atoms with van der Waals surface area (Å²) in [4.78, 5) is 2.30. The summed E-state index contributed by atoms with van der Waals surface area (Å²) in [6.45, 7) is 6.75. The zero-order valence-electron chi connectivity index (χ0n) is 13.8. The predicted octanol–water partition coefficient (Wildman–Crippen LogP) is 6.39. The van der Waals surface area contributed by atoms with Crippen molar-refractivity contribution in [2.45, 2.75) is 26.8 Å². The molecule has 0 N–H and O–H groups in total. The average molecular weight is 324 g/mol. The number of nitrogens with zero attached hydrogens (tertiary/aromatic N) is 1. The van der Waals surface area contributed by atoms with Crippen molar-refractivity contribution in [1.29, 1.82) is 0 Å². The number of benzene rings is 2. The summed E-state index contributed by atoms with van der Waals surface area (Å²) >= 11 is 6.06. The number of allylic oxidation sites excluding steroid dienone is 2. The van der Waals surface area contributed by atoms with Gasteiger partial charge in [-0.15, -0.1) is 0 Å². The van der Waals surface area contributed by atoms with E-state index in [0.29, 0.717) is 0 Å². The van der Waals surface area contributed by atoms with Crippen LogP contribution in [0.2, 0.25) is 5.02 Å². The molecule has 0 saturated heterocycles. The quantitative estimate of drug-likeness (QED) is 0.619. The maximum atomic E-state index is 6.06. The summed E-state index contributed by atoms with van der Waals surface area (Å²) in [5, 5.41) is 0.770. The fourth-order valence-corrected chi connectivity index (χ4v) is 2.95. The molecular weight excluding hydrogens is 302 g/mol. The zero-order valence-corrected chi connectivity index (χ0v) is 14.6. The summed E-state index contributed by atoms with van der Waals surface area (Å²) < 4.78 is 0. The van der Waals surface area contributed by atoms with Gasteiger partial charge in [0.1, 0.15) is 0 Å². The Hall–Kier alpha value is -1.99. The first-order valence-corrected chi connectivity index (χ1v) is 8.32. The molecule has 0 amide bonds. The zero-order chi connectivity index (χ0) is 16.4. The predicted molar refractivity (Wildman–Crippen MR) is 99.8 cm³/mol. The van der Waals surface area contributed by atoms with Gasteiger partial charge >= 0.3 is 0 Å². The molecule has 0 aromatic heterocycles. The molecule has 0 saturated carbocycles. The molecule has 0 radical (unpaired) electrons. The molecule has 0 fully saturated rings. The van der Waals surface area contributed by atoms with Crippen LogP contribution in [0.1, 0.15) is 32.4 Å². The molecule has 23 heavy (non-hydrogen) atoms. The normalized spacial score (nSPS) is 18.0. The van der Waals surface area contributed by atoms with E-state index in [9.17, 15) is 0 Å². The summed E-state index contributed by atoms with van der Waals surface area (Å²) in [5.41, 5.74) is 3.91. The van der Waals surface area contributed by atoms with Gasteiger partial charge in [-0.1, -0.05) is 68.8 Å². The van der Waals surface area contributed by atoms with Crippen molar-refractivity contribution in [2.24, 2.45) is 5.41 Å². The lowest BCUT2D eigenvalue weighted by Crippen LogP contribution is -2.26. The van der Waals surface area contributed by atoms with E-state index in [-0.39, 0.29) is 11.5 Å². The van der Waals surface area contributed by atoms with E-state index in [1.165, 1.54) is 16.8 Å². The Morgan fingerprint density at radius 2 is 1.57 bits per heavy atom. The molecule has 2 aromatic rings. The fourth-order valence-electron chi connectivity index (χ4n) is 2.82. The molecule has 0 aliphatic carbocycles. The molecule has 1 aliphatic heterocycles. The molecule has 0 spiro atoms. The molecule has 0 bridgehead atoms. The molecule has 1 nitrogen and oxygen atoms in total. The van der Waals surface area contributed by atoms with Crippen molar-refractivity contribution < 1.29 is 0 Å². The molecular formula is C21H22ClN. The van der Waals surface area contributed by atoms with Crippen LogP contribution in [0.15, 0.2) is 78.5 Å². The van der Waals surface area contributed by atoms with Gasteiger partial charge in [0.25, 0.3) is 0 Å². The maximum absolute atomic E-state index is 6.06. The van der Waals surface area contributed by atoms with Gasteiger partial charge in [-0.2, -0.15) is 0 Å². The number of hydrogen-bond acceptors (Lipinski definition) is 1. The Morgan fingerprint density at radius 1 is 0.913 bits per heavy atom. The standard InChI is InChI=1S/C21H22ClN/c1-21(2,3)17-13-14-23(19-7-5-4-6-8-19)20(15-17)16-9-11-18(22)12-10-16/h4-15,20H,1-3H3.